The average molecular weight is 287 g/mol. The van der Waals surface area contributed by atoms with Gasteiger partial charge in [-0.3, -0.25) is 0 Å². The zero-order valence-corrected chi connectivity index (χ0v) is 7.62. The van der Waals surface area contributed by atoms with Crippen LogP contribution in [0.15, 0.2) is 30.3 Å². The largest absolute Gasteiger partial charge is 3.00 e. The second kappa shape index (κ2) is 10.1. The molecule has 0 heterocycles. The first-order chi connectivity index (χ1) is 2.50. The average Bonchev–Trinajstić information content (AvgIpc) is 1.76. The van der Waals surface area contributed by atoms with Crippen LogP contribution in [0.3, 0.4) is 0 Å². The smallest absolute Gasteiger partial charge is 0.358 e. The molecule has 1 rings (SSSR count). The van der Waals surface area contributed by atoms with Gasteiger partial charge in [-0.2, -0.15) is 18.2 Å². The van der Waals surface area contributed by atoms with E-state index in [4.69, 9.17) is 0 Å². The van der Waals surface area contributed by atoms with Crippen molar-refractivity contribution in [2.24, 2.45) is 0 Å². The first-order valence-electron chi connectivity index (χ1n) is 1.67. The number of hydrogen-bond acceptors (Lipinski definition) is 0. The summed E-state index contributed by atoms with van der Waals surface area (Å²) in [6, 6.07) is 10.0. The first kappa shape index (κ1) is 15.7. The summed E-state index contributed by atoms with van der Waals surface area (Å²) in [5.74, 6) is 0. The molecule has 0 N–H and O–H groups in total. The molecule has 0 unspecified atom stereocenters. The molecule has 0 saturated heterocycles. The van der Waals surface area contributed by atoms with Crippen molar-refractivity contribution < 1.29 is 20.1 Å². The van der Waals surface area contributed by atoms with Crippen LogP contribution in [0.1, 0.15) is 0 Å². The molecule has 1 aromatic carbocycles. The summed E-state index contributed by atoms with van der Waals surface area (Å²) in [6.07, 6.45) is 0. The maximum atomic E-state index is 2.00. The van der Waals surface area contributed by atoms with Gasteiger partial charge in [0.15, 0.2) is 0 Å². The molecular weight excluding hydrogens is 276 g/mol. The molecule has 0 aliphatic carbocycles. The normalized spacial score (nSPS) is 5.00. The third-order valence-electron chi connectivity index (χ3n) is 0.556. The molecule has 1 aromatic rings. The SMILES string of the molecule is [CH3-].[CH3-].[Ir+3].c1cc[cH-]c1. The Labute approximate surface area is 65.6 Å². The standard InChI is InChI=1S/C5H5.2CH3.Ir/c1-2-4-5-3-1;;;/h1-5H;2*1H3;/q3*-1;+3. The first-order valence-corrected chi connectivity index (χ1v) is 1.67. The minimum Gasteiger partial charge on any atom is -0.358 e. The van der Waals surface area contributed by atoms with Crippen LogP contribution in [-0.4, -0.2) is 0 Å². The zero-order chi connectivity index (χ0) is 3.54. The Morgan fingerprint density at radius 3 is 1.38 bits per heavy atom. The van der Waals surface area contributed by atoms with Crippen molar-refractivity contribution in [1.82, 2.24) is 0 Å². The van der Waals surface area contributed by atoms with Crippen LogP contribution in [0.4, 0.5) is 0 Å². The maximum absolute atomic E-state index is 2.00. The van der Waals surface area contributed by atoms with Gasteiger partial charge in [-0.05, 0) is 0 Å². The van der Waals surface area contributed by atoms with E-state index in [0.29, 0.717) is 0 Å². The fourth-order valence-electron chi connectivity index (χ4n) is 0.321. The van der Waals surface area contributed by atoms with Crippen molar-refractivity contribution >= 4 is 0 Å². The van der Waals surface area contributed by atoms with Crippen LogP contribution in [0, 0.1) is 14.9 Å². The van der Waals surface area contributed by atoms with Gasteiger partial charge in [-0.15, -0.1) is 0 Å². The molecule has 0 saturated carbocycles. The van der Waals surface area contributed by atoms with Crippen LogP contribution in [0.2, 0.25) is 0 Å². The zero-order valence-electron chi connectivity index (χ0n) is 5.22. The quantitative estimate of drug-likeness (QED) is 0.642. The molecule has 0 nitrogen and oxygen atoms in total. The van der Waals surface area contributed by atoms with Gasteiger partial charge in [0, 0.05) is 0 Å². The fraction of sp³-hybridized carbons (Fsp3) is 0. The third kappa shape index (κ3) is 6.00. The van der Waals surface area contributed by atoms with Crippen molar-refractivity contribution in [3.8, 4) is 0 Å². The Hall–Kier alpha value is -0.000649. The Balaban J connectivity index is -0.0000000833. The van der Waals surface area contributed by atoms with Gasteiger partial charge < -0.3 is 14.9 Å². The second-order valence-electron chi connectivity index (χ2n) is 0.962. The molecule has 0 aliphatic heterocycles. The molecule has 0 radical (unpaired) electrons. The summed E-state index contributed by atoms with van der Waals surface area (Å²) in [5.41, 5.74) is 0. The summed E-state index contributed by atoms with van der Waals surface area (Å²) in [5, 5.41) is 0. The maximum Gasteiger partial charge on any atom is 3.00 e. The van der Waals surface area contributed by atoms with Crippen LogP contribution >= 0.6 is 0 Å². The summed E-state index contributed by atoms with van der Waals surface area (Å²) < 4.78 is 0. The summed E-state index contributed by atoms with van der Waals surface area (Å²) in [7, 11) is 0. The van der Waals surface area contributed by atoms with E-state index in [2.05, 4.69) is 0 Å². The second-order valence-corrected chi connectivity index (χ2v) is 0.962. The molecule has 8 heavy (non-hydrogen) atoms. The van der Waals surface area contributed by atoms with Crippen molar-refractivity contribution in [2.75, 3.05) is 0 Å². The molecule has 0 amide bonds. The monoisotopic (exact) mass is 288 g/mol. The minimum absolute atomic E-state index is 0. The van der Waals surface area contributed by atoms with E-state index in [-0.39, 0.29) is 35.0 Å². The van der Waals surface area contributed by atoms with E-state index < -0.39 is 0 Å². The third-order valence-corrected chi connectivity index (χ3v) is 0.556. The Bertz CT molecular complexity index is 60.9. The van der Waals surface area contributed by atoms with E-state index in [1.54, 1.807) is 0 Å². The Morgan fingerprint density at radius 2 is 1.25 bits per heavy atom. The molecule has 0 spiro atoms. The van der Waals surface area contributed by atoms with E-state index in [1.165, 1.54) is 0 Å². The molecule has 1 heteroatoms. The van der Waals surface area contributed by atoms with Crippen LogP contribution in [-0.2, 0) is 20.1 Å². The van der Waals surface area contributed by atoms with E-state index in [9.17, 15) is 0 Å². The predicted octanol–water partition coefficient (Wildman–Crippen LogP) is 2.30. The molecule has 0 bridgehead atoms. The van der Waals surface area contributed by atoms with E-state index in [0.717, 1.165) is 0 Å². The summed E-state index contributed by atoms with van der Waals surface area (Å²) >= 11 is 0. The van der Waals surface area contributed by atoms with Crippen LogP contribution in [0.5, 0.6) is 0 Å². The van der Waals surface area contributed by atoms with Crippen molar-refractivity contribution in [3.63, 3.8) is 0 Å². The van der Waals surface area contributed by atoms with Gasteiger partial charge in [0.2, 0.25) is 0 Å². The van der Waals surface area contributed by atoms with Crippen molar-refractivity contribution in [1.29, 1.82) is 0 Å². The van der Waals surface area contributed by atoms with Gasteiger partial charge in [0.1, 0.15) is 0 Å². The molecule has 0 atom stereocenters. The van der Waals surface area contributed by atoms with Crippen molar-refractivity contribution in [3.05, 3.63) is 45.2 Å². The van der Waals surface area contributed by atoms with Gasteiger partial charge in [-0.25, -0.2) is 12.1 Å². The molecule has 48 valence electrons. The van der Waals surface area contributed by atoms with Gasteiger partial charge in [-0.1, -0.05) is 0 Å². The molecule has 0 aliphatic rings. The Kier molecular flexibility index (Phi) is 19.8. The minimum atomic E-state index is 0. The molecular formula is C7H11Ir. The van der Waals surface area contributed by atoms with E-state index >= 15 is 0 Å². The van der Waals surface area contributed by atoms with Gasteiger partial charge in [0.05, 0.1) is 0 Å². The summed E-state index contributed by atoms with van der Waals surface area (Å²) in [4.78, 5) is 0. The number of rotatable bonds is 0. The van der Waals surface area contributed by atoms with Gasteiger partial charge >= 0.3 is 20.1 Å². The molecule has 0 fully saturated rings. The number of hydrogen-bond donors (Lipinski definition) is 0. The predicted molar refractivity (Wildman–Crippen MR) is 34.9 cm³/mol. The van der Waals surface area contributed by atoms with Crippen molar-refractivity contribution in [2.45, 2.75) is 0 Å². The fourth-order valence-corrected chi connectivity index (χ4v) is 0.321. The summed E-state index contributed by atoms with van der Waals surface area (Å²) in [6.45, 7) is 0. The van der Waals surface area contributed by atoms with Gasteiger partial charge in [0.25, 0.3) is 0 Å². The molecule has 0 aromatic heterocycles. The van der Waals surface area contributed by atoms with E-state index in [1.807, 2.05) is 30.3 Å². The Morgan fingerprint density at radius 1 is 0.875 bits per heavy atom. The van der Waals surface area contributed by atoms with Crippen LogP contribution < -0.4 is 0 Å². The topological polar surface area (TPSA) is 0 Å². The van der Waals surface area contributed by atoms with Crippen LogP contribution in [0.25, 0.3) is 0 Å².